The van der Waals surface area contributed by atoms with Crippen LogP contribution in [0.1, 0.15) is 53.3 Å². The van der Waals surface area contributed by atoms with Gasteiger partial charge in [-0.2, -0.15) is 0 Å². The number of benzene rings is 2. The summed E-state index contributed by atoms with van der Waals surface area (Å²) in [6, 6.07) is 10.8. The Morgan fingerprint density at radius 3 is 2.75 bits per heavy atom. The Labute approximate surface area is 254 Å². The molecule has 1 amide bonds. The van der Waals surface area contributed by atoms with Crippen LogP contribution in [0.4, 0.5) is 13.6 Å². The van der Waals surface area contributed by atoms with E-state index in [4.69, 9.17) is 9.47 Å². The van der Waals surface area contributed by atoms with Gasteiger partial charge in [-0.1, -0.05) is 36.8 Å². The summed E-state index contributed by atoms with van der Waals surface area (Å²) in [7, 11) is 1.13. The van der Waals surface area contributed by atoms with E-state index >= 15 is 4.39 Å². The van der Waals surface area contributed by atoms with Crippen molar-refractivity contribution in [1.82, 2.24) is 14.6 Å². The van der Waals surface area contributed by atoms with E-state index in [2.05, 4.69) is 9.72 Å². The largest absolute Gasteiger partial charge is 0.510 e. The van der Waals surface area contributed by atoms with Crippen molar-refractivity contribution in [3.63, 3.8) is 0 Å². The quantitative estimate of drug-likeness (QED) is 0.220. The number of pyridine rings is 1. The number of methoxy groups -OCH3 is 1. The second kappa shape index (κ2) is 11.1. The molecule has 0 saturated carbocycles. The van der Waals surface area contributed by atoms with Crippen molar-refractivity contribution < 1.29 is 32.6 Å². The van der Waals surface area contributed by atoms with E-state index < -0.39 is 48.1 Å². The van der Waals surface area contributed by atoms with E-state index in [9.17, 15) is 18.8 Å². The van der Waals surface area contributed by atoms with Gasteiger partial charge in [0.2, 0.25) is 18.0 Å². The molecule has 2 aromatic heterocycles. The van der Waals surface area contributed by atoms with Gasteiger partial charge < -0.3 is 19.1 Å². The standard InChI is InChI=1S/C31H26F2N4O6S/c1-41-31(40)43-16-42-28-21(38)12-14-36-27(28)30(39)35-13-6-2-3-9-22(35)37(36)26-17-7-4-5-8-18(17)29-25(34-15-44-29)23-19(26)10-11-20(32)24(23)33/h4-5,7-8,10-12,14-15,22,26H,2-3,6,9,13,16H2,1H3/t22-,26-/m1/s1. The number of ether oxygens (including phenoxy) is 3. The Hall–Kier alpha value is -4.78. The van der Waals surface area contributed by atoms with Gasteiger partial charge in [0, 0.05) is 24.4 Å². The lowest BCUT2D eigenvalue weighted by Crippen LogP contribution is -2.62. The highest BCUT2D eigenvalue weighted by Gasteiger charge is 2.46. The molecule has 2 aromatic carbocycles. The molecule has 13 heteroatoms. The predicted molar refractivity (Wildman–Crippen MR) is 156 cm³/mol. The van der Waals surface area contributed by atoms with Crippen molar-refractivity contribution >= 4 is 23.4 Å². The summed E-state index contributed by atoms with van der Waals surface area (Å²) in [6.07, 6.45) is 3.03. The number of hydrogen-bond acceptors (Lipinski definition) is 9. The molecule has 1 fully saturated rings. The molecule has 0 N–H and O–H groups in total. The van der Waals surface area contributed by atoms with Crippen molar-refractivity contribution in [2.45, 2.75) is 37.9 Å². The van der Waals surface area contributed by atoms with E-state index in [-0.39, 0.29) is 17.0 Å². The van der Waals surface area contributed by atoms with Gasteiger partial charge in [0.25, 0.3) is 5.91 Å². The highest BCUT2D eigenvalue weighted by Crippen LogP contribution is 2.50. The molecule has 226 valence electrons. The van der Waals surface area contributed by atoms with E-state index in [0.717, 1.165) is 43.6 Å². The third-order valence-electron chi connectivity index (χ3n) is 8.31. The summed E-state index contributed by atoms with van der Waals surface area (Å²) in [4.78, 5) is 45.8. The zero-order valence-corrected chi connectivity index (χ0v) is 24.3. The molecule has 1 aliphatic carbocycles. The molecule has 7 rings (SSSR count). The summed E-state index contributed by atoms with van der Waals surface area (Å²) in [5, 5.41) is 1.95. The van der Waals surface area contributed by atoms with Gasteiger partial charge in [0.1, 0.15) is 6.17 Å². The fourth-order valence-corrected chi connectivity index (χ4v) is 7.30. The number of aromatic nitrogens is 2. The number of fused-ring (bicyclic) bond motifs is 7. The van der Waals surface area contributed by atoms with E-state index in [1.807, 2.05) is 29.3 Å². The molecule has 4 heterocycles. The van der Waals surface area contributed by atoms with Crippen LogP contribution in [-0.2, 0) is 9.47 Å². The Kier molecular flexibility index (Phi) is 7.04. The summed E-state index contributed by atoms with van der Waals surface area (Å²) >= 11 is 1.33. The van der Waals surface area contributed by atoms with Crippen LogP contribution >= 0.6 is 11.3 Å². The van der Waals surface area contributed by atoms with Crippen molar-refractivity contribution in [3.05, 3.63) is 92.9 Å². The molecule has 4 aromatic rings. The van der Waals surface area contributed by atoms with Crippen molar-refractivity contribution in [2.24, 2.45) is 0 Å². The van der Waals surface area contributed by atoms with Gasteiger partial charge in [-0.3, -0.25) is 19.3 Å². The average molecular weight is 621 g/mol. The average Bonchev–Trinajstić information content (AvgIpc) is 3.32. The zero-order chi connectivity index (χ0) is 30.5. The van der Waals surface area contributed by atoms with Crippen LogP contribution in [-0.4, -0.2) is 53.2 Å². The van der Waals surface area contributed by atoms with E-state index in [1.165, 1.54) is 23.6 Å². The van der Waals surface area contributed by atoms with Gasteiger partial charge in [-0.15, -0.1) is 11.3 Å². The minimum Gasteiger partial charge on any atom is -0.451 e. The number of nitrogens with zero attached hydrogens (tertiary/aromatic N) is 4. The highest BCUT2D eigenvalue weighted by atomic mass is 32.1. The predicted octanol–water partition coefficient (Wildman–Crippen LogP) is 5.43. The van der Waals surface area contributed by atoms with Crippen LogP contribution < -0.4 is 15.2 Å². The number of hydrogen-bond donors (Lipinski definition) is 0. The third-order valence-corrected chi connectivity index (χ3v) is 9.17. The van der Waals surface area contributed by atoms with Crippen LogP contribution in [0.5, 0.6) is 5.75 Å². The van der Waals surface area contributed by atoms with Crippen molar-refractivity contribution in [2.75, 3.05) is 25.5 Å². The van der Waals surface area contributed by atoms with Gasteiger partial charge in [0.15, 0.2) is 17.3 Å². The molecular weight excluding hydrogens is 594 g/mol. The fraction of sp³-hybridized carbons (Fsp3) is 0.290. The lowest BCUT2D eigenvalue weighted by molar-refractivity contribution is 0.0130. The zero-order valence-electron chi connectivity index (χ0n) is 23.5. The smallest absolute Gasteiger partial charge is 0.451 e. The second-order valence-electron chi connectivity index (χ2n) is 10.6. The SMILES string of the molecule is COC(=O)OCOc1c2n(ccc1=O)N([C@@H]1c3ccccc3-c3scnc3-c3c1ccc(F)c3F)[C@@H]1CCCCCN1C2=O. The molecule has 0 spiro atoms. The second-order valence-corrected chi connectivity index (χ2v) is 11.5. The number of halogens is 2. The first-order valence-electron chi connectivity index (χ1n) is 14.1. The topological polar surface area (TPSA) is 103 Å². The number of thiazole rings is 1. The summed E-state index contributed by atoms with van der Waals surface area (Å²) in [5.74, 6) is -2.74. The molecule has 10 nitrogen and oxygen atoms in total. The summed E-state index contributed by atoms with van der Waals surface area (Å²) in [6.45, 7) is -0.254. The molecule has 0 unspecified atom stereocenters. The molecule has 0 bridgehead atoms. The number of carbonyl (C=O) groups is 2. The van der Waals surface area contributed by atoms with Gasteiger partial charge >= 0.3 is 6.16 Å². The first-order chi connectivity index (χ1) is 21.4. The molecule has 0 radical (unpaired) electrons. The van der Waals surface area contributed by atoms with Crippen LogP contribution in [0.3, 0.4) is 0 Å². The fourth-order valence-electron chi connectivity index (χ4n) is 6.45. The van der Waals surface area contributed by atoms with Gasteiger partial charge in [0.05, 0.1) is 29.2 Å². The third kappa shape index (κ3) is 4.33. The Balaban J connectivity index is 1.50. The number of carbonyl (C=O) groups excluding carboxylic acids is 2. The minimum atomic E-state index is -1.02. The molecular formula is C31H26F2N4O6S. The van der Waals surface area contributed by atoms with Gasteiger partial charge in [-0.05, 0) is 42.0 Å². The summed E-state index contributed by atoms with van der Waals surface area (Å²) in [5.41, 5.74) is 3.39. The van der Waals surface area contributed by atoms with Gasteiger partial charge in [-0.25, -0.2) is 18.6 Å². The molecule has 3 aliphatic rings. The number of rotatable bonds is 4. The lowest BCUT2D eigenvalue weighted by atomic mass is 9.92. The highest BCUT2D eigenvalue weighted by molar-refractivity contribution is 7.13. The molecule has 1 saturated heterocycles. The van der Waals surface area contributed by atoms with E-state index in [1.54, 1.807) is 21.2 Å². The molecule has 2 atom stereocenters. The van der Waals surface area contributed by atoms with Crippen molar-refractivity contribution in [1.29, 1.82) is 0 Å². The molecule has 2 aliphatic heterocycles. The van der Waals surface area contributed by atoms with Crippen LogP contribution in [0.15, 0.2) is 59.0 Å². The summed E-state index contributed by atoms with van der Waals surface area (Å²) < 4.78 is 47.3. The minimum absolute atomic E-state index is 0.0464. The monoisotopic (exact) mass is 620 g/mol. The normalized spacial score (nSPS) is 18.6. The number of amides is 1. The van der Waals surface area contributed by atoms with Crippen LogP contribution in [0, 0.1) is 11.6 Å². The van der Waals surface area contributed by atoms with E-state index in [0.29, 0.717) is 29.1 Å². The van der Waals surface area contributed by atoms with Crippen LogP contribution in [0.2, 0.25) is 0 Å². The molecule has 44 heavy (non-hydrogen) atoms. The maximum Gasteiger partial charge on any atom is 0.510 e. The first kappa shape index (κ1) is 28.0. The Morgan fingerprint density at radius 1 is 1.07 bits per heavy atom. The Bertz CT molecular complexity index is 1860. The maximum atomic E-state index is 15.9. The van der Waals surface area contributed by atoms with Crippen molar-refractivity contribution in [3.8, 4) is 27.4 Å². The first-order valence-corrected chi connectivity index (χ1v) is 15.0. The lowest BCUT2D eigenvalue weighted by Gasteiger charge is -2.50. The van der Waals surface area contributed by atoms with Crippen LogP contribution in [0.25, 0.3) is 21.7 Å². The maximum absolute atomic E-state index is 15.9. The Morgan fingerprint density at radius 2 is 1.91 bits per heavy atom.